The van der Waals surface area contributed by atoms with Crippen molar-refractivity contribution in [2.75, 3.05) is 36.9 Å². The number of thiophene rings is 1. The Bertz CT molecular complexity index is 919. The number of urea groups is 1. The monoisotopic (exact) mass is 469 g/mol. The summed E-state index contributed by atoms with van der Waals surface area (Å²) < 4.78 is 5.30. The number of nitrogens with one attached hydrogen (secondary N) is 2. The second-order valence-corrected chi connectivity index (χ2v) is 9.87. The number of carbonyl (C=O) groups excluding carboxylic acids is 2. The largest absolute Gasteiger partial charge is 0.378 e. The lowest BCUT2D eigenvalue weighted by Gasteiger charge is -2.26. The topological polar surface area (TPSA) is 96.4 Å². The number of ether oxygens (including phenoxy) is 1. The van der Waals surface area contributed by atoms with Gasteiger partial charge in [0.25, 0.3) is 5.91 Å². The lowest BCUT2D eigenvalue weighted by Crippen LogP contribution is -2.40. The lowest BCUT2D eigenvalue weighted by atomic mass is 9.90. The predicted molar refractivity (Wildman–Crippen MR) is 119 cm³/mol. The molecule has 0 radical (unpaired) electrons. The first kappa shape index (κ1) is 21.5. The van der Waals surface area contributed by atoms with Crippen LogP contribution in [0.5, 0.6) is 0 Å². The number of halogens is 1. The molecule has 2 aromatic heterocycles. The highest BCUT2D eigenvalue weighted by Crippen LogP contribution is 2.38. The van der Waals surface area contributed by atoms with E-state index in [4.69, 9.17) is 16.3 Å². The van der Waals surface area contributed by atoms with Crippen LogP contribution in [-0.2, 0) is 4.74 Å². The van der Waals surface area contributed by atoms with Crippen LogP contribution < -0.4 is 10.6 Å². The van der Waals surface area contributed by atoms with E-state index in [1.54, 1.807) is 11.8 Å². The molecule has 1 aliphatic heterocycles. The van der Waals surface area contributed by atoms with Gasteiger partial charge in [-0.2, -0.15) is 0 Å². The van der Waals surface area contributed by atoms with Crippen LogP contribution in [0.2, 0.25) is 5.02 Å². The molecule has 0 atom stereocenters. The number of anilines is 2. The molecule has 2 aromatic rings. The minimum absolute atomic E-state index is 0.133. The molecule has 30 heavy (non-hydrogen) atoms. The van der Waals surface area contributed by atoms with E-state index in [2.05, 4.69) is 20.8 Å². The molecule has 162 valence electrons. The van der Waals surface area contributed by atoms with Crippen LogP contribution in [0.15, 0.2) is 0 Å². The fourth-order valence-corrected chi connectivity index (χ4v) is 6.01. The number of amides is 3. The Kier molecular flexibility index (Phi) is 6.87. The molecule has 1 saturated heterocycles. The van der Waals surface area contributed by atoms with Gasteiger partial charge in [-0.15, -0.1) is 21.5 Å². The molecule has 0 spiro atoms. The van der Waals surface area contributed by atoms with E-state index < -0.39 is 6.03 Å². The molecular weight excluding hydrogens is 446 g/mol. The number of carbonyl (C=O) groups is 2. The zero-order valence-electron chi connectivity index (χ0n) is 16.7. The van der Waals surface area contributed by atoms with Crippen LogP contribution in [0.4, 0.5) is 14.9 Å². The maximum Gasteiger partial charge on any atom is 0.326 e. The van der Waals surface area contributed by atoms with Crippen molar-refractivity contribution < 1.29 is 14.3 Å². The van der Waals surface area contributed by atoms with Crippen LogP contribution in [0.25, 0.3) is 0 Å². The minimum Gasteiger partial charge on any atom is -0.378 e. The first-order chi connectivity index (χ1) is 14.5. The van der Waals surface area contributed by atoms with Crippen molar-refractivity contribution in [1.29, 1.82) is 0 Å². The molecule has 0 aromatic carbocycles. The molecule has 2 aliphatic rings. The molecule has 3 amide bonds. The molecule has 2 N–H and O–H groups in total. The lowest BCUT2D eigenvalue weighted by molar-refractivity contribution is 0.0306. The number of hydrogen-bond acceptors (Lipinski definition) is 7. The third-order valence-corrected chi connectivity index (χ3v) is 8.19. The highest BCUT2D eigenvalue weighted by molar-refractivity contribution is 7.19. The summed E-state index contributed by atoms with van der Waals surface area (Å²) in [6, 6.07) is -0.423. The van der Waals surface area contributed by atoms with E-state index in [0.29, 0.717) is 57.8 Å². The zero-order chi connectivity index (χ0) is 21.1. The Morgan fingerprint density at radius 2 is 1.83 bits per heavy atom. The standard InChI is InChI=1S/C19H24ClN5O3S2/c1-11-13(20)14(17(26)25-7-9-28-10-8-25)29-15(11)21-18(27)22-19-24-23-16(30-19)12-5-3-2-4-6-12/h12H,2-10H2,1H3,(H2,21,22,24,27). The van der Waals surface area contributed by atoms with Gasteiger partial charge in [0.15, 0.2) is 0 Å². The van der Waals surface area contributed by atoms with E-state index in [9.17, 15) is 9.59 Å². The summed E-state index contributed by atoms with van der Waals surface area (Å²) in [7, 11) is 0. The molecule has 8 nitrogen and oxygen atoms in total. The van der Waals surface area contributed by atoms with Gasteiger partial charge in [-0.1, -0.05) is 42.2 Å². The fraction of sp³-hybridized carbons (Fsp3) is 0.579. The Labute approximate surface area is 188 Å². The van der Waals surface area contributed by atoms with Gasteiger partial charge < -0.3 is 9.64 Å². The van der Waals surface area contributed by atoms with Crippen molar-refractivity contribution in [3.63, 3.8) is 0 Å². The van der Waals surface area contributed by atoms with Gasteiger partial charge >= 0.3 is 6.03 Å². The second-order valence-electron chi connectivity index (χ2n) is 7.46. The minimum atomic E-state index is -0.423. The fourth-order valence-electron chi connectivity index (χ4n) is 3.69. The molecule has 3 heterocycles. The van der Waals surface area contributed by atoms with Crippen LogP contribution in [0, 0.1) is 6.92 Å². The number of hydrogen-bond donors (Lipinski definition) is 2. The SMILES string of the molecule is Cc1c(NC(=O)Nc2nnc(C3CCCCC3)s2)sc(C(=O)N2CCOCC2)c1Cl. The number of aromatic nitrogens is 2. The number of rotatable bonds is 4. The maximum absolute atomic E-state index is 12.8. The van der Waals surface area contributed by atoms with E-state index >= 15 is 0 Å². The Morgan fingerprint density at radius 1 is 1.10 bits per heavy atom. The van der Waals surface area contributed by atoms with E-state index in [-0.39, 0.29) is 5.91 Å². The van der Waals surface area contributed by atoms with E-state index in [1.807, 2.05) is 0 Å². The molecule has 4 rings (SSSR count). The molecule has 1 aliphatic carbocycles. The quantitative estimate of drug-likeness (QED) is 0.675. The highest BCUT2D eigenvalue weighted by atomic mass is 35.5. The average molecular weight is 470 g/mol. The first-order valence-electron chi connectivity index (χ1n) is 10.1. The van der Waals surface area contributed by atoms with Gasteiger partial charge in [-0.25, -0.2) is 4.79 Å². The van der Waals surface area contributed by atoms with Crippen LogP contribution in [-0.4, -0.2) is 53.3 Å². The van der Waals surface area contributed by atoms with Crippen molar-refractivity contribution in [2.24, 2.45) is 0 Å². The van der Waals surface area contributed by atoms with Crippen molar-refractivity contribution in [1.82, 2.24) is 15.1 Å². The first-order valence-corrected chi connectivity index (χ1v) is 12.1. The summed E-state index contributed by atoms with van der Waals surface area (Å²) in [5.41, 5.74) is 0.675. The molecule has 2 fully saturated rings. The third kappa shape index (κ3) is 4.77. The van der Waals surface area contributed by atoms with Crippen LogP contribution in [0.3, 0.4) is 0 Å². The van der Waals surface area contributed by atoms with Gasteiger partial charge in [0, 0.05) is 24.6 Å². The third-order valence-electron chi connectivity index (χ3n) is 5.41. The van der Waals surface area contributed by atoms with E-state index in [0.717, 1.165) is 17.8 Å². The second kappa shape index (κ2) is 9.59. The Morgan fingerprint density at radius 3 is 2.57 bits per heavy atom. The van der Waals surface area contributed by atoms with Crippen molar-refractivity contribution in [3.05, 3.63) is 20.5 Å². The molecular formula is C19H24ClN5O3S2. The molecule has 0 bridgehead atoms. The van der Waals surface area contributed by atoms with Crippen molar-refractivity contribution in [3.8, 4) is 0 Å². The summed E-state index contributed by atoms with van der Waals surface area (Å²) in [4.78, 5) is 27.4. The summed E-state index contributed by atoms with van der Waals surface area (Å²) >= 11 is 9.01. The average Bonchev–Trinajstić information content (AvgIpc) is 3.34. The van der Waals surface area contributed by atoms with Gasteiger partial charge in [-0.3, -0.25) is 15.4 Å². The zero-order valence-corrected chi connectivity index (χ0v) is 19.1. The summed E-state index contributed by atoms with van der Waals surface area (Å²) in [6.45, 7) is 3.90. The Hall–Kier alpha value is -1.75. The van der Waals surface area contributed by atoms with Gasteiger partial charge in [0.05, 0.1) is 18.2 Å². The van der Waals surface area contributed by atoms with Gasteiger partial charge in [0.2, 0.25) is 5.13 Å². The maximum atomic E-state index is 12.8. The molecule has 1 saturated carbocycles. The smallest absolute Gasteiger partial charge is 0.326 e. The van der Waals surface area contributed by atoms with Crippen LogP contribution >= 0.6 is 34.3 Å². The normalized spacial score (nSPS) is 17.7. The highest BCUT2D eigenvalue weighted by Gasteiger charge is 2.26. The number of morpholine rings is 1. The Balaban J connectivity index is 1.40. The number of nitrogens with zero attached hydrogens (tertiary/aromatic N) is 3. The van der Waals surface area contributed by atoms with Gasteiger partial charge in [0.1, 0.15) is 14.9 Å². The summed E-state index contributed by atoms with van der Waals surface area (Å²) in [6.07, 6.45) is 5.98. The van der Waals surface area contributed by atoms with Crippen molar-refractivity contribution in [2.45, 2.75) is 44.9 Å². The van der Waals surface area contributed by atoms with E-state index in [1.165, 1.54) is 41.9 Å². The van der Waals surface area contributed by atoms with Crippen molar-refractivity contribution >= 4 is 56.3 Å². The summed E-state index contributed by atoms with van der Waals surface area (Å²) in [5, 5.41) is 16.3. The summed E-state index contributed by atoms with van der Waals surface area (Å²) in [5.74, 6) is 0.313. The van der Waals surface area contributed by atoms with Gasteiger partial charge in [-0.05, 0) is 19.8 Å². The molecule has 0 unspecified atom stereocenters. The van der Waals surface area contributed by atoms with Crippen LogP contribution in [0.1, 0.15) is 58.3 Å². The molecule has 11 heteroatoms. The predicted octanol–water partition coefficient (Wildman–Crippen LogP) is 4.73.